The average Bonchev–Trinajstić information content (AvgIpc) is 3.42. The summed E-state index contributed by atoms with van der Waals surface area (Å²) < 4.78 is 7.48. The van der Waals surface area contributed by atoms with Crippen LogP contribution in [0, 0.1) is 0 Å². The molecule has 2 aromatic carbocycles. The maximum atomic E-state index is 14.0. The molecular weight excluding hydrogens is 486 g/mol. The molecule has 0 bridgehead atoms. The van der Waals surface area contributed by atoms with Gasteiger partial charge in [0.1, 0.15) is 6.54 Å². The molecule has 0 spiro atoms. The Morgan fingerprint density at radius 3 is 2.36 bits per heavy atom. The number of aromatic nitrogens is 1. The molecule has 6 nitrogen and oxygen atoms in total. The van der Waals surface area contributed by atoms with Gasteiger partial charge in [-0.15, -0.1) is 0 Å². The zero-order valence-electron chi connectivity index (χ0n) is 23.6. The molecule has 1 aliphatic carbocycles. The van der Waals surface area contributed by atoms with Crippen molar-refractivity contribution in [3.8, 4) is 0 Å². The highest BCUT2D eigenvalue weighted by atomic mass is 16.5. The van der Waals surface area contributed by atoms with Gasteiger partial charge in [0.25, 0.3) is 5.91 Å². The van der Waals surface area contributed by atoms with E-state index in [0.717, 1.165) is 44.3 Å². The first-order valence-electron chi connectivity index (χ1n) is 14.4. The van der Waals surface area contributed by atoms with E-state index in [1.165, 1.54) is 17.5 Å². The van der Waals surface area contributed by atoms with Crippen LogP contribution >= 0.6 is 0 Å². The molecule has 4 rings (SSSR count). The summed E-state index contributed by atoms with van der Waals surface area (Å²) in [6, 6.07) is 22.5. The number of amides is 2. The molecule has 6 heteroatoms. The lowest BCUT2D eigenvalue weighted by atomic mass is 9.94. The summed E-state index contributed by atoms with van der Waals surface area (Å²) in [5, 5.41) is 0. The van der Waals surface area contributed by atoms with Gasteiger partial charge in [-0.1, -0.05) is 68.7 Å². The van der Waals surface area contributed by atoms with Crippen molar-refractivity contribution in [2.24, 2.45) is 0 Å². The van der Waals surface area contributed by atoms with Crippen LogP contribution in [0.15, 0.2) is 72.9 Å². The van der Waals surface area contributed by atoms with Gasteiger partial charge in [-0.2, -0.15) is 0 Å². The molecule has 0 N–H and O–H groups in total. The van der Waals surface area contributed by atoms with Crippen LogP contribution in [0.25, 0.3) is 0 Å². The zero-order chi connectivity index (χ0) is 27.5. The summed E-state index contributed by atoms with van der Waals surface area (Å²) in [5.74, 6) is -0.0801. The summed E-state index contributed by atoms with van der Waals surface area (Å²) in [6.45, 7) is 4.53. The summed E-state index contributed by atoms with van der Waals surface area (Å²) in [5.41, 5.74) is 4.16. The minimum absolute atomic E-state index is 0.0188. The lowest BCUT2D eigenvalue weighted by Gasteiger charge is -2.36. The molecular formula is C33H43N3O3. The molecule has 39 heavy (non-hydrogen) atoms. The fourth-order valence-corrected chi connectivity index (χ4v) is 5.49. The summed E-state index contributed by atoms with van der Waals surface area (Å²) in [6.07, 6.45) is 9.23. The first-order chi connectivity index (χ1) is 19.1. The van der Waals surface area contributed by atoms with Crippen molar-refractivity contribution in [2.75, 3.05) is 26.8 Å². The summed E-state index contributed by atoms with van der Waals surface area (Å²) in [7, 11) is 1.66. The molecule has 0 aliphatic heterocycles. The molecule has 0 atom stereocenters. The minimum Gasteiger partial charge on any atom is -0.385 e. The Balaban J connectivity index is 1.53. The third kappa shape index (κ3) is 8.06. The predicted octanol–water partition coefficient (Wildman–Crippen LogP) is 5.94. The number of hydrogen-bond acceptors (Lipinski definition) is 3. The predicted molar refractivity (Wildman–Crippen MR) is 156 cm³/mol. The van der Waals surface area contributed by atoms with Crippen LogP contribution in [0.1, 0.15) is 72.6 Å². The quantitative estimate of drug-likeness (QED) is 0.258. The van der Waals surface area contributed by atoms with Crippen molar-refractivity contribution < 1.29 is 14.3 Å². The molecule has 0 unspecified atom stereocenters. The zero-order valence-corrected chi connectivity index (χ0v) is 23.6. The second-order valence-corrected chi connectivity index (χ2v) is 10.6. The Labute approximate surface area is 233 Å². The van der Waals surface area contributed by atoms with Gasteiger partial charge < -0.3 is 19.1 Å². The van der Waals surface area contributed by atoms with Gasteiger partial charge in [0.2, 0.25) is 5.91 Å². The molecule has 0 saturated heterocycles. The molecule has 1 fully saturated rings. The Kier molecular flexibility index (Phi) is 10.8. The van der Waals surface area contributed by atoms with Crippen molar-refractivity contribution in [1.82, 2.24) is 14.4 Å². The second kappa shape index (κ2) is 14.7. The Hall–Kier alpha value is -3.38. The number of carbonyl (C=O) groups is 2. The van der Waals surface area contributed by atoms with Crippen molar-refractivity contribution in [1.29, 1.82) is 0 Å². The van der Waals surface area contributed by atoms with Gasteiger partial charge >= 0.3 is 0 Å². The standard InChI is InChI=1S/C33H43N3O3/c1-3-27-17-19-29(20-18-27)33(38)35(22-11-23-39-2)26-32(37)36(30-14-8-5-9-15-30)25-31-16-10-21-34(31)24-28-12-6-4-7-13-28/h4,6-7,10,12-13,16-21,30H,3,5,8-9,11,14-15,22-26H2,1-2H3. The molecule has 1 heterocycles. The highest BCUT2D eigenvalue weighted by Crippen LogP contribution is 2.25. The molecule has 1 saturated carbocycles. The molecule has 0 radical (unpaired) electrons. The monoisotopic (exact) mass is 529 g/mol. The lowest BCUT2D eigenvalue weighted by Crippen LogP contribution is -2.48. The van der Waals surface area contributed by atoms with Gasteiger partial charge in [0.15, 0.2) is 0 Å². The number of carbonyl (C=O) groups excluding carboxylic acids is 2. The first-order valence-corrected chi connectivity index (χ1v) is 14.4. The van der Waals surface area contributed by atoms with Crippen molar-refractivity contribution in [2.45, 2.75) is 71.0 Å². The summed E-state index contributed by atoms with van der Waals surface area (Å²) >= 11 is 0. The molecule has 2 amide bonds. The van der Waals surface area contributed by atoms with Crippen molar-refractivity contribution >= 4 is 11.8 Å². The molecule has 3 aromatic rings. The lowest BCUT2D eigenvalue weighted by molar-refractivity contribution is -0.135. The van der Waals surface area contributed by atoms with E-state index in [4.69, 9.17) is 4.74 Å². The van der Waals surface area contributed by atoms with E-state index in [9.17, 15) is 9.59 Å². The van der Waals surface area contributed by atoms with Gasteiger partial charge in [0.05, 0.1) is 6.54 Å². The molecule has 1 aliphatic rings. The highest BCUT2D eigenvalue weighted by molar-refractivity contribution is 5.96. The molecule has 208 valence electrons. The number of methoxy groups -OCH3 is 1. The van der Waals surface area contributed by atoms with Gasteiger partial charge in [0, 0.05) is 50.3 Å². The Bertz CT molecular complexity index is 1170. The third-order valence-electron chi connectivity index (χ3n) is 7.79. The SMILES string of the molecule is CCc1ccc(C(=O)N(CCCOC)CC(=O)N(Cc2cccn2Cc2ccccc2)C2CCCCC2)cc1. The normalized spacial score (nSPS) is 13.8. The van der Waals surface area contributed by atoms with E-state index in [2.05, 4.69) is 54.1 Å². The first kappa shape index (κ1) is 28.6. The van der Waals surface area contributed by atoms with Crippen LogP contribution in [0.5, 0.6) is 0 Å². The Morgan fingerprint density at radius 2 is 1.67 bits per heavy atom. The van der Waals surface area contributed by atoms with E-state index in [-0.39, 0.29) is 24.4 Å². The van der Waals surface area contributed by atoms with Crippen molar-refractivity contribution in [3.63, 3.8) is 0 Å². The number of aryl methyl sites for hydroxylation is 1. The van der Waals surface area contributed by atoms with Crippen LogP contribution in [0.2, 0.25) is 0 Å². The third-order valence-corrected chi connectivity index (χ3v) is 7.79. The fraction of sp³-hybridized carbons (Fsp3) is 0.455. The van der Waals surface area contributed by atoms with Crippen LogP contribution in [0.4, 0.5) is 0 Å². The largest absolute Gasteiger partial charge is 0.385 e. The van der Waals surface area contributed by atoms with E-state index >= 15 is 0 Å². The van der Waals surface area contributed by atoms with Crippen LogP contribution in [-0.2, 0) is 29.0 Å². The maximum absolute atomic E-state index is 14.0. The maximum Gasteiger partial charge on any atom is 0.254 e. The number of nitrogens with zero attached hydrogens (tertiary/aromatic N) is 3. The van der Waals surface area contributed by atoms with Gasteiger partial charge in [-0.25, -0.2) is 0 Å². The van der Waals surface area contributed by atoms with E-state index in [0.29, 0.717) is 31.7 Å². The number of ether oxygens (including phenoxy) is 1. The summed E-state index contributed by atoms with van der Waals surface area (Å²) in [4.78, 5) is 31.3. The highest BCUT2D eigenvalue weighted by Gasteiger charge is 2.29. The van der Waals surface area contributed by atoms with Crippen LogP contribution in [0.3, 0.4) is 0 Å². The Morgan fingerprint density at radius 1 is 0.923 bits per heavy atom. The fourth-order valence-electron chi connectivity index (χ4n) is 5.49. The van der Waals surface area contributed by atoms with Gasteiger partial charge in [-0.05, 0) is 61.1 Å². The topological polar surface area (TPSA) is 54.8 Å². The van der Waals surface area contributed by atoms with Crippen molar-refractivity contribution in [3.05, 3.63) is 95.3 Å². The number of benzene rings is 2. The number of rotatable bonds is 13. The molecule has 1 aromatic heterocycles. The van der Waals surface area contributed by atoms with E-state index in [1.54, 1.807) is 12.0 Å². The number of hydrogen-bond donors (Lipinski definition) is 0. The van der Waals surface area contributed by atoms with Crippen LogP contribution in [-0.4, -0.2) is 59.0 Å². The van der Waals surface area contributed by atoms with Gasteiger partial charge in [-0.3, -0.25) is 9.59 Å². The van der Waals surface area contributed by atoms with Crippen LogP contribution < -0.4 is 0 Å². The van der Waals surface area contributed by atoms with E-state index in [1.807, 2.05) is 35.2 Å². The minimum atomic E-state index is -0.0989. The smallest absolute Gasteiger partial charge is 0.254 e. The van der Waals surface area contributed by atoms with E-state index < -0.39 is 0 Å². The average molecular weight is 530 g/mol. The second-order valence-electron chi connectivity index (χ2n) is 10.6.